The van der Waals surface area contributed by atoms with Gasteiger partial charge in [0.1, 0.15) is 0 Å². The summed E-state index contributed by atoms with van der Waals surface area (Å²) >= 11 is 0. The summed E-state index contributed by atoms with van der Waals surface area (Å²) in [6.45, 7) is 11.1. The van der Waals surface area contributed by atoms with E-state index in [1.54, 1.807) is 0 Å². The Kier molecular flexibility index (Phi) is 2.53. The van der Waals surface area contributed by atoms with E-state index in [-0.39, 0.29) is 5.54 Å². The Bertz CT molecular complexity index is 672. The van der Waals surface area contributed by atoms with Crippen LogP contribution in [0, 0.1) is 0 Å². The molecule has 1 aliphatic rings. The first-order valence-corrected chi connectivity index (χ1v) is 7.00. The summed E-state index contributed by atoms with van der Waals surface area (Å²) in [5.41, 5.74) is 5.27. The maximum atomic E-state index is 3.66. The van der Waals surface area contributed by atoms with E-state index in [9.17, 15) is 0 Å². The molecule has 2 heterocycles. The molecule has 0 unspecified atom stereocenters. The molecular weight excluding hydrogens is 232 g/mol. The summed E-state index contributed by atoms with van der Waals surface area (Å²) in [7, 11) is 0. The van der Waals surface area contributed by atoms with Crippen molar-refractivity contribution < 1.29 is 0 Å². The summed E-state index contributed by atoms with van der Waals surface area (Å²) in [6, 6.07) is 7.02. The number of nitrogens with one attached hydrogen (secondary N) is 1. The molecule has 1 aromatic heterocycles. The fourth-order valence-corrected chi connectivity index (χ4v) is 3.14. The molecule has 0 saturated carbocycles. The molecule has 0 aliphatic carbocycles. The predicted molar refractivity (Wildman–Crippen MR) is 83.7 cm³/mol. The average Bonchev–Trinajstić information content (AvgIpc) is 2.63. The lowest BCUT2D eigenvalue weighted by atomic mass is 10.0. The van der Waals surface area contributed by atoms with E-state index in [4.69, 9.17) is 0 Å². The number of hydrogen-bond donors (Lipinski definition) is 1. The number of benzene rings is 1. The Morgan fingerprint density at radius 3 is 2.63 bits per heavy atom. The minimum absolute atomic E-state index is 0.00690. The molecule has 0 spiro atoms. The maximum Gasteiger partial charge on any atom is 0.0510 e. The third-order valence-electron chi connectivity index (χ3n) is 3.87. The summed E-state index contributed by atoms with van der Waals surface area (Å²) < 4.78 is 2.37. The third-order valence-corrected chi connectivity index (χ3v) is 3.87. The second-order valence-corrected chi connectivity index (χ2v) is 6.42. The van der Waals surface area contributed by atoms with Crippen LogP contribution in [0.2, 0.25) is 0 Å². The standard InChI is InChI=1S/C17H22N2/c1-11(2)19-10-13-12(3)9-17(4,5)18-14-7-6-8-15(19)16(13)14/h6-11,18H,1-5H3. The predicted octanol–water partition coefficient (Wildman–Crippen LogP) is 4.83. The highest BCUT2D eigenvalue weighted by Gasteiger charge is 2.23. The Hall–Kier alpha value is -1.70. The number of rotatable bonds is 1. The van der Waals surface area contributed by atoms with Crippen LogP contribution in [0.4, 0.5) is 5.69 Å². The fraction of sp³-hybridized carbons (Fsp3) is 0.412. The molecule has 19 heavy (non-hydrogen) atoms. The molecule has 0 bridgehead atoms. The van der Waals surface area contributed by atoms with E-state index in [2.05, 4.69) is 75.0 Å². The summed E-state index contributed by atoms with van der Waals surface area (Å²) in [5.74, 6) is 0. The zero-order valence-corrected chi connectivity index (χ0v) is 12.4. The van der Waals surface area contributed by atoms with Crippen LogP contribution < -0.4 is 5.32 Å². The second-order valence-electron chi connectivity index (χ2n) is 6.42. The quantitative estimate of drug-likeness (QED) is 0.771. The molecule has 100 valence electrons. The van der Waals surface area contributed by atoms with Crippen molar-refractivity contribution in [2.24, 2.45) is 0 Å². The van der Waals surface area contributed by atoms with Gasteiger partial charge in [0.05, 0.1) is 11.1 Å². The van der Waals surface area contributed by atoms with Crippen LogP contribution in [0.1, 0.15) is 46.2 Å². The van der Waals surface area contributed by atoms with E-state index >= 15 is 0 Å². The van der Waals surface area contributed by atoms with Gasteiger partial charge in [-0.15, -0.1) is 0 Å². The molecule has 3 rings (SSSR count). The van der Waals surface area contributed by atoms with Crippen LogP contribution in [-0.4, -0.2) is 10.1 Å². The first-order valence-electron chi connectivity index (χ1n) is 7.00. The lowest BCUT2D eigenvalue weighted by molar-refractivity contribution is 0.622. The average molecular weight is 254 g/mol. The Morgan fingerprint density at radius 1 is 1.21 bits per heavy atom. The van der Waals surface area contributed by atoms with Crippen molar-refractivity contribution in [3.8, 4) is 0 Å². The van der Waals surface area contributed by atoms with E-state index in [0.29, 0.717) is 6.04 Å². The number of aromatic nitrogens is 1. The van der Waals surface area contributed by atoms with Gasteiger partial charge >= 0.3 is 0 Å². The molecular formula is C17H22N2. The van der Waals surface area contributed by atoms with Crippen LogP contribution in [0.5, 0.6) is 0 Å². The van der Waals surface area contributed by atoms with Crippen LogP contribution in [0.15, 0.2) is 30.5 Å². The molecule has 0 saturated heterocycles. The van der Waals surface area contributed by atoms with Gasteiger partial charge in [0.15, 0.2) is 0 Å². The number of allylic oxidation sites excluding steroid dienone is 1. The number of hydrogen-bond acceptors (Lipinski definition) is 1. The highest BCUT2D eigenvalue weighted by atomic mass is 15.0. The summed E-state index contributed by atoms with van der Waals surface area (Å²) in [4.78, 5) is 0. The second kappa shape index (κ2) is 3.89. The van der Waals surface area contributed by atoms with Gasteiger partial charge in [-0.25, -0.2) is 0 Å². The fourth-order valence-electron chi connectivity index (χ4n) is 3.14. The number of anilines is 1. The molecule has 0 amide bonds. The highest BCUT2D eigenvalue weighted by molar-refractivity contribution is 6.03. The molecule has 0 fully saturated rings. The van der Waals surface area contributed by atoms with Gasteiger partial charge < -0.3 is 9.88 Å². The zero-order valence-electron chi connectivity index (χ0n) is 12.4. The molecule has 1 N–H and O–H groups in total. The molecule has 2 aromatic rings. The minimum Gasteiger partial charge on any atom is -0.376 e. The third kappa shape index (κ3) is 1.86. The monoisotopic (exact) mass is 254 g/mol. The molecule has 2 nitrogen and oxygen atoms in total. The lowest BCUT2D eigenvalue weighted by Crippen LogP contribution is -2.27. The first kappa shape index (κ1) is 12.3. The van der Waals surface area contributed by atoms with Crippen molar-refractivity contribution in [2.45, 2.75) is 46.2 Å². The Morgan fingerprint density at radius 2 is 1.95 bits per heavy atom. The molecule has 1 aromatic carbocycles. The van der Waals surface area contributed by atoms with Gasteiger partial charge in [-0.1, -0.05) is 12.1 Å². The molecule has 0 radical (unpaired) electrons. The van der Waals surface area contributed by atoms with Crippen molar-refractivity contribution in [1.29, 1.82) is 0 Å². The zero-order chi connectivity index (χ0) is 13.8. The topological polar surface area (TPSA) is 17.0 Å². The normalized spacial score (nSPS) is 17.3. The van der Waals surface area contributed by atoms with Gasteiger partial charge in [0.2, 0.25) is 0 Å². The molecule has 1 aliphatic heterocycles. The van der Waals surface area contributed by atoms with Crippen molar-refractivity contribution in [3.63, 3.8) is 0 Å². The van der Waals surface area contributed by atoms with Gasteiger partial charge in [-0.05, 0) is 52.3 Å². The minimum atomic E-state index is -0.00690. The van der Waals surface area contributed by atoms with E-state index < -0.39 is 0 Å². The summed E-state index contributed by atoms with van der Waals surface area (Å²) in [5, 5.41) is 5.01. The van der Waals surface area contributed by atoms with Gasteiger partial charge in [0.25, 0.3) is 0 Å². The van der Waals surface area contributed by atoms with Crippen molar-refractivity contribution in [3.05, 3.63) is 36.0 Å². The molecule has 2 heteroatoms. The number of nitrogens with zero attached hydrogens (tertiary/aromatic N) is 1. The first-order chi connectivity index (χ1) is 8.89. The van der Waals surface area contributed by atoms with E-state index in [0.717, 1.165) is 0 Å². The van der Waals surface area contributed by atoms with Crippen molar-refractivity contribution in [1.82, 2.24) is 4.57 Å². The van der Waals surface area contributed by atoms with Crippen molar-refractivity contribution in [2.75, 3.05) is 5.32 Å². The summed E-state index contributed by atoms with van der Waals surface area (Å²) in [6.07, 6.45) is 4.63. The lowest BCUT2D eigenvalue weighted by Gasteiger charge is -2.23. The SMILES string of the molecule is CC1=CC(C)(C)Nc2cccc3c2c1cn3C(C)C. The van der Waals surface area contributed by atoms with Crippen LogP contribution in [0.3, 0.4) is 0 Å². The molecule has 0 atom stereocenters. The maximum absolute atomic E-state index is 3.66. The van der Waals surface area contributed by atoms with Gasteiger partial charge in [-0.3, -0.25) is 0 Å². The van der Waals surface area contributed by atoms with Crippen LogP contribution in [-0.2, 0) is 0 Å². The highest BCUT2D eigenvalue weighted by Crippen LogP contribution is 2.39. The van der Waals surface area contributed by atoms with E-state index in [1.165, 1.54) is 27.7 Å². The van der Waals surface area contributed by atoms with Crippen LogP contribution >= 0.6 is 0 Å². The Balaban J connectivity index is 2.39. The largest absolute Gasteiger partial charge is 0.376 e. The van der Waals surface area contributed by atoms with Crippen LogP contribution in [0.25, 0.3) is 16.5 Å². The van der Waals surface area contributed by atoms with Crippen molar-refractivity contribution >= 4 is 22.2 Å². The smallest absolute Gasteiger partial charge is 0.0510 e. The van der Waals surface area contributed by atoms with Gasteiger partial charge in [0, 0.05) is 28.9 Å². The van der Waals surface area contributed by atoms with E-state index in [1.807, 2.05) is 0 Å². The Labute approximate surface area is 115 Å². The van der Waals surface area contributed by atoms with Gasteiger partial charge in [-0.2, -0.15) is 0 Å².